The van der Waals surface area contributed by atoms with E-state index in [2.05, 4.69) is 15.3 Å². The van der Waals surface area contributed by atoms with Crippen molar-refractivity contribution in [1.82, 2.24) is 14.9 Å². The fourth-order valence-electron chi connectivity index (χ4n) is 2.26. The van der Waals surface area contributed by atoms with Crippen LogP contribution in [0.2, 0.25) is 0 Å². The fourth-order valence-corrected chi connectivity index (χ4v) is 3.94. The number of aromatic nitrogens is 3. The maximum atomic E-state index is 13.1. The molecule has 4 nitrogen and oxygen atoms in total. The third-order valence-corrected chi connectivity index (χ3v) is 5.12. The van der Waals surface area contributed by atoms with E-state index in [-0.39, 0.29) is 0 Å². The molecule has 2 aromatic heterocycles. The van der Waals surface area contributed by atoms with Crippen LogP contribution in [0.1, 0.15) is 22.7 Å². The number of hydrogen-bond donors (Lipinski definition) is 0. The summed E-state index contributed by atoms with van der Waals surface area (Å²) in [6, 6.07) is 13.4. The molecule has 0 saturated carbocycles. The summed E-state index contributed by atoms with van der Waals surface area (Å²) in [6.45, 7) is 0. The van der Waals surface area contributed by atoms with Crippen molar-refractivity contribution in [2.24, 2.45) is 5.10 Å². The highest BCUT2D eigenvalue weighted by Gasteiger charge is 2.27. The van der Waals surface area contributed by atoms with Crippen LogP contribution < -0.4 is 0 Å². The number of thioether (sulfide) groups is 1. The summed E-state index contributed by atoms with van der Waals surface area (Å²) in [4.78, 5) is 1.91. The van der Waals surface area contributed by atoms with Crippen molar-refractivity contribution < 1.29 is 8.78 Å². The zero-order chi connectivity index (χ0) is 16.5. The van der Waals surface area contributed by atoms with Crippen molar-refractivity contribution in [2.75, 3.05) is 0 Å². The Morgan fingerprint density at radius 1 is 1.04 bits per heavy atom. The Kier molecular flexibility index (Phi) is 3.99. The molecule has 0 N–H and O–H groups in total. The van der Waals surface area contributed by atoms with Crippen molar-refractivity contribution in [3.8, 4) is 0 Å². The molecule has 0 unspecified atom stereocenters. The molecule has 0 bridgehead atoms. The summed E-state index contributed by atoms with van der Waals surface area (Å²) in [5.41, 5.74) is 1.48. The van der Waals surface area contributed by atoms with E-state index in [9.17, 15) is 8.78 Å². The first-order chi connectivity index (χ1) is 11.7. The molecule has 0 amide bonds. The van der Waals surface area contributed by atoms with E-state index < -0.39 is 12.2 Å². The molecule has 4 rings (SSSR count). The second kappa shape index (κ2) is 6.29. The van der Waals surface area contributed by atoms with Crippen molar-refractivity contribution in [2.45, 2.75) is 11.6 Å². The van der Waals surface area contributed by atoms with Crippen LogP contribution in [0.25, 0.3) is 6.08 Å². The summed E-state index contributed by atoms with van der Waals surface area (Å²) in [6.07, 6.45) is -0.739. The first kappa shape index (κ1) is 15.2. The minimum Gasteiger partial charge on any atom is -0.201 e. The van der Waals surface area contributed by atoms with E-state index >= 15 is 0 Å². The smallest absolute Gasteiger partial charge is 0.201 e. The number of hydrogen-bond acceptors (Lipinski definition) is 5. The maximum absolute atomic E-state index is 13.1. The molecule has 24 heavy (non-hydrogen) atoms. The number of alkyl halides is 2. The number of rotatable bonds is 3. The van der Waals surface area contributed by atoms with E-state index in [1.165, 1.54) is 11.8 Å². The first-order valence-corrected chi connectivity index (χ1v) is 8.73. The molecular formula is C16H10F2N4S2. The van der Waals surface area contributed by atoms with Gasteiger partial charge in [-0.05, 0) is 29.3 Å². The van der Waals surface area contributed by atoms with Crippen LogP contribution in [-0.2, 0) is 0 Å². The van der Waals surface area contributed by atoms with E-state index in [1.807, 2.05) is 53.9 Å². The molecule has 0 fully saturated rings. The van der Waals surface area contributed by atoms with Gasteiger partial charge in [-0.25, -0.2) is 8.78 Å². The van der Waals surface area contributed by atoms with Gasteiger partial charge < -0.3 is 0 Å². The summed E-state index contributed by atoms with van der Waals surface area (Å²) in [5, 5.41) is 14.1. The van der Waals surface area contributed by atoms with Crippen LogP contribution in [0.3, 0.4) is 0 Å². The Bertz CT molecular complexity index is 915. The first-order valence-electron chi connectivity index (χ1n) is 7.03. The second-order valence-corrected chi connectivity index (χ2v) is 6.88. The van der Waals surface area contributed by atoms with Gasteiger partial charge in [-0.1, -0.05) is 36.4 Å². The van der Waals surface area contributed by atoms with E-state index in [0.717, 1.165) is 20.0 Å². The molecule has 120 valence electrons. The lowest BCUT2D eigenvalue weighted by molar-refractivity contribution is 0.135. The van der Waals surface area contributed by atoms with Gasteiger partial charge in [0.2, 0.25) is 11.0 Å². The lowest BCUT2D eigenvalue weighted by atomic mass is 10.1. The highest BCUT2D eigenvalue weighted by Crippen LogP contribution is 2.36. The second-order valence-electron chi connectivity index (χ2n) is 4.89. The highest BCUT2D eigenvalue weighted by molar-refractivity contribution is 8.04. The normalized spacial score (nSPS) is 15.6. The van der Waals surface area contributed by atoms with Gasteiger partial charge in [0, 0.05) is 15.3 Å². The quantitative estimate of drug-likeness (QED) is 0.681. The standard InChI is InChI=1S/C16H10F2N4S2/c17-14(18)15-19-20-16-22(15)21-13(10-5-2-1-3-6-10)12(24-16)9-11-7-4-8-23-11/h1-9,14H. The Hall–Kier alpha value is -2.32. The SMILES string of the molecule is FC(F)c1nnc2n1N=C(c1ccccc1)C(=Cc1cccs1)S2. The molecule has 0 spiro atoms. The van der Waals surface area contributed by atoms with Gasteiger partial charge in [-0.15, -0.1) is 21.5 Å². The molecule has 1 aliphatic heterocycles. The number of thiophene rings is 1. The largest absolute Gasteiger partial charge is 0.299 e. The summed E-state index contributed by atoms with van der Waals surface area (Å²) < 4.78 is 27.3. The molecule has 3 aromatic rings. The van der Waals surface area contributed by atoms with Crippen LogP contribution >= 0.6 is 23.1 Å². The van der Waals surface area contributed by atoms with Crippen LogP contribution in [0.4, 0.5) is 8.78 Å². The molecule has 3 heterocycles. The Morgan fingerprint density at radius 2 is 1.88 bits per heavy atom. The van der Waals surface area contributed by atoms with Crippen LogP contribution in [0, 0.1) is 0 Å². The van der Waals surface area contributed by atoms with Crippen LogP contribution in [0.15, 0.2) is 63.0 Å². The van der Waals surface area contributed by atoms with Gasteiger partial charge in [0.25, 0.3) is 6.43 Å². The molecule has 0 saturated heterocycles. The summed E-state index contributed by atoms with van der Waals surface area (Å²) in [7, 11) is 0. The van der Waals surface area contributed by atoms with Gasteiger partial charge >= 0.3 is 0 Å². The number of fused-ring (bicyclic) bond motifs is 1. The molecule has 0 radical (unpaired) electrons. The van der Waals surface area contributed by atoms with E-state index in [1.54, 1.807) is 11.3 Å². The Balaban J connectivity index is 1.87. The minimum atomic E-state index is -2.73. The number of benzene rings is 1. The molecule has 0 aliphatic carbocycles. The lowest BCUT2D eigenvalue weighted by Gasteiger charge is -2.16. The van der Waals surface area contributed by atoms with Gasteiger partial charge in [0.1, 0.15) is 5.71 Å². The number of allylic oxidation sites excluding steroid dienone is 1. The summed E-state index contributed by atoms with van der Waals surface area (Å²) >= 11 is 2.89. The highest BCUT2D eigenvalue weighted by atomic mass is 32.2. The number of halogens is 2. The average molecular weight is 360 g/mol. The van der Waals surface area contributed by atoms with E-state index in [0.29, 0.717) is 10.9 Å². The number of nitrogens with zero attached hydrogens (tertiary/aromatic N) is 4. The van der Waals surface area contributed by atoms with Gasteiger partial charge in [0.05, 0.1) is 0 Å². The molecular weight excluding hydrogens is 350 g/mol. The van der Waals surface area contributed by atoms with Crippen molar-refractivity contribution in [3.63, 3.8) is 0 Å². The Morgan fingerprint density at radius 3 is 2.58 bits per heavy atom. The third kappa shape index (κ3) is 2.78. The average Bonchev–Trinajstić information content (AvgIpc) is 3.24. The predicted molar refractivity (Wildman–Crippen MR) is 91.5 cm³/mol. The van der Waals surface area contributed by atoms with Gasteiger partial charge in [-0.3, -0.25) is 0 Å². The predicted octanol–water partition coefficient (Wildman–Crippen LogP) is 4.68. The molecule has 1 aromatic carbocycles. The molecule has 0 atom stereocenters. The van der Waals surface area contributed by atoms with Gasteiger partial charge in [-0.2, -0.15) is 9.78 Å². The molecule has 1 aliphatic rings. The monoisotopic (exact) mass is 360 g/mol. The fraction of sp³-hybridized carbons (Fsp3) is 0.0625. The zero-order valence-electron chi connectivity index (χ0n) is 12.1. The maximum Gasteiger partial charge on any atom is 0.299 e. The zero-order valence-corrected chi connectivity index (χ0v) is 13.8. The third-order valence-electron chi connectivity index (χ3n) is 3.33. The van der Waals surface area contributed by atoms with Gasteiger partial charge in [0.15, 0.2) is 0 Å². The van der Waals surface area contributed by atoms with Crippen molar-refractivity contribution in [1.29, 1.82) is 0 Å². The van der Waals surface area contributed by atoms with E-state index in [4.69, 9.17) is 0 Å². The topological polar surface area (TPSA) is 43.1 Å². The van der Waals surface area contributed by atoms with Crippen molar-refractivity contribution >= 4 is 34.9 Å². The minimum absolute atomic E-state index is 0.341. The molecule has 8 heteroatoms. The van der Waals surface area contributed by atoms with Crippen molar-refractivity contribution in [3.05, 3.63) is 69.0 Å². The van der Waals surface area contributed by atoms with Crippen LogP contribution in [-0.4, -0.2) is 20.6 Å². The van der Waals surface area contributed by atoms with Crippen LogP contribution in [0.5, 0.6) is 0 Å². The Labute approximate surface area is 144 Å². The lowest BCUT2D eigenvalue weighted by Crippen LogP contribution is -2.13. The summed E-state index contributed by atoms with van der Waals surface area (Å²) in [5.74, 6) is -0.443.